The topological polar surface area (TPSA) is 70.1 Å². The van der Waals surface area contributed by atoms with Gasteiger partial charge in [0.2, 0.25) is 3.79 Å². The van der Waals surface area contributed by atoms with E-state index in [9.17, 15) is 22.4 Å². The van der Waals surface area contributed by atoms with Crippen molar-refractivity contribution in [1.29, 1.82) is 0 Å². The highest BCUT2D eigenvalue weighted by Crippen LogP contribution is 2.39. The molecule has 32 heavy (non-hydrogen) atoms. The summed E-state index contributed by atoms with van der Waals surface area (Å²) in [5.74, 6) is 3.67. The Bertz CT molecular complexity index is 1100. The van der Waals surface area contributed by atoms with Crippen molar-refractivity contribution in [2.24, 2.45) is 5.84 Å². The molecule has 174 valence electrons. The van der Waals surface area contributed by atoms with Crippen molar-refractivity contribution in [3.8, 4) is 11.5 Å². The van der Waals surface area contributed by atoms with Crippen LogP contribution < -0.4 is 10.6 Å². The van der Waals surface area contributed by atoms with Gasteiger partial charge in [0.15, 0.2) is 11.6 Å². The number of benzene rings is 2. The Kier molecular flexibility index (Phi) is 8.13. The molecule has 12 heteroatoms. The van der Waals surface area contributed by atoms with E-state index in [0.29, 0.717) is 27.6 Å². The summed E-state index contributed by atoms with van der Waals surface area (Å²) in [6, 6.07) is 5.02. The molecule has 0 aliphatic heterocycles. The van der Waals surface area contributed by atoms with Gasteiger partial charge in [0.25, 0.3) is 0 Å². The maximum Gasteiger partial charge on any atom is 0.416 e. The zero-order valence-corrected chi connectivity index (χ0v) is 20.5. The van der Waals surface area contributed by atoms with Crippen molar-refractivity contribution >= 4 is 48.9 Å². The first-order chi connectivity index (χ1) is 14.6. The molecule has 1 unspecified atom stereocenters. The first-order valence-electron chi connectivity index (χ1n) is 9.08. The van der Waals surface area contributed by atoms with Crippen molar-refractivity contribution in [3.05, 3.63) is 52.9 Å². The molecule has 2 N–H and O–H groups in total. The van der Waals surface area contributed by atoms with Gasteiger partial charge >= 0.3 is 6.18 Å². The molecule has 1 heterocycles. The van der Waals surface area contributed by atoms with Crippen molar-refractivity contribution in [2.45, 2.75) is 19.1 Å². The predicted octanol–water partition coefficient (Wildman–Crippen LogP) is 5.73. The minimum absolute atomic E-state index is 0.137. The molecule has 0 aliphatic rings. The highest BCUT2D eigenvalue weighted by molar-refractivity contribution is 14.1. The van der Waals surface area contributed by atoms with Gasteiger partial charge in [0.1, 0.15) is 11.8 Å². The van der Waals surface area contributed by atoms with Crippen LogP contribution in [0.1, 0.15) is 18.5 Å². The fourth-order valence-electron chi connectivity index (χ4n) is 2.42. The Morgan fingerprint density at radius 2 is 1.84 bits per heavy atom. The minimum atomic E-state index is -4.73. The third-order valence-corrected chi connectivity index (χ3v) is 4.99. The number of halogens is 6. The number of carbonyl (C=O) groups excluding carboxylic acids is 1. The van der Waals surface area contributed by atoms with Gasteiger partial charge < -0.3 is 4.74 Å². The number of ether oxygens (including phenoxy) is 1. The van der Waals surface area contributed by atoms with E-state index in [-0.39, 0.29) is 9.54 Å². The number of hydrogen-bond donors (Lipinski definition) is 1. The molecule has 3 rings (SSSR count). The SMILES string of the molecule is CC(C(=O)I)n1ncc2ccc(Oc3c(F)cc(C(F)(F)F)cc3Cl)cc21.C[N+](C)(C)N. The number of rotatable bonds is 4. The highest BCUT2D eigenvalue weighted by Gasteiger charge is 2.32. The van der Waals surface area contributed by atoms with E-state index in [0.717, 1.165) is 0 Å². The van der Waals surface area contributed by atoms with E-state index in [1.165, 1.54) is 16.8 Å². The highest BCUT2D eigenvalue weighted by atomic mass is 127. The fraction of sp³-hybridized carbons (Fsp3) is 0.300. The zero-order chi connectivity index (χ0) is 24.4. The largest absolute Gasteiger partial charge is 0.453 e. The molecule has 0 fully saturated rings. The van der Waals surface area contributed by atoms with Crippen LogP contribution in [0.5, 0.6) is 11.5 Å². The number of fused-ring (bicyclic) bond motifs is 1. The Morgan fingerprint density at radius 3 is 2.34 bits per heavy atom. The number of quaternary nitrogens is 1. The zero-order valence-electron chi connectivity index (χ0n) is 17.5. The summed E-state index contributed by atoms with van der Waals surface area (Å²) in [5, 5.41) is 4.35. The van der Waals surface area contributed by atoms with Crippen LogP contribution in [0, 0.1) is 5.82 Å². The second-order valence-electron chi connectivity index (χ2n) is 7.77. The van der Waals surface area contributed by atoms with E-state index in [2.05, 4.69) is 5.10 Å². The smallest absolute Gasteiger partial charge is 0.416 e. The second kappa shape index (κ2) is 9.89. The van der Waals surface area contributed by atoms with Gasteiger partial charge in [-0.3, -0.25) is 14.1 Å². The maximum absolute atomic E-state index is 14.1. The lowest BCUT2D eigenvalue weighted by Gasteiger charge is -2.13. The van der Waals surface area contributed by atoms with E-state index < -0.39 is 34.4 Å². The van der Waals surface area contributed by atoms with Gasteiger partial charge in [-0.25, -0.2) is 4.39 Å². The number of hydrogen-bond acceptors (Lipinski definition) is 4. The number of alkyl halides is 3. The molecule has 1 aromatic heterocycles. The van der Waals surface area contributed by atoms with Crippen molar-refractivity contribution < 1.29 is 31.7 Å². The lowest BCUT2D eigenvalue weighted by molar-refractivity contribution is -0.882. The molecule has 0 radical (unpaired) electrons. The number of nitrogens with zero attached hydrogens (tertiary/aromatic N) is 3. The monoisotopic (exact) mass is 587 g/mol. The van der Waals surface area contributed by atoms with Gasteiger partial charge in [0, 0.05) is 34.0 Å². The first-order valence-corrected chi connectivity index (χ1v) is 10.5. The van der Waals surface area contributed by atoms with E-state index in [1.807, 2.05) is 21.1 Å². The summed E-state index contributed by atoms with van der Waals surface area (Å²) < 4.78 is 59.5. The number of nitrogens with two attached hydrogens (primary N) is 1. The van der Waals surface area contributed by atoms with Crippen LogP contribution in [0.25, 0.3) is 10.9 Å². The summed E-state index contributed by atoms with van der Waals surface area (Å²) >= 11 is 7.44. The third-order valence-electron chi connectivity index (χ3n) is 3.81. The molecule has 0 saturated heterocycles. The Labute approximate surface area is 200 Å². The quantitative estimate of drug-likeness (QED) is 0.106. The first kappa shape index (κ1) is 26.3. The van der Waals surface area contributed by atoms with Crippen molar-refractivity contribution in [3.63, 3.8) is 0 Å². The Morgan fingerprint density at radius 1 is 1.25 bits per heavy atom. The second-order valence-corrected chi connectivity index (χ2v) is 9.25. The molecule has 0 amide bonds. The van der Waals surface area contributed by atoms with Crippen LogP contribution >= 0.6 is 34.2 Å². The Balaban J connectivity index is 0.000000654. The van der Waals surface area contributed by atoms with Crippen LogP contribution in [0.4, 0.5) is 17.6 Å². The standard InChI is InChI=1S/C17H10ClF4IN2O2.C3H11N2/c1-8(16(23)26)25-14-6-11(3-2-9(14)7-24-25)27-15-12(18)4-10(5-13(15)19)17(20,21)22;1-5(2,3)4/h2-8H,1H3;4H2,1-3H3/q;+1. The van der Waals surface area contributed by atoms with Crippen LogP contribution in [0.3, 0.4) is 0 Å². The van der Waals surface area contributed by atoms with E-state index in [1.54, 1.807) is 41.8 Å². The lowest BCUT2D eigenvalue weighted by atomic mass is 10.2. The summed E-state index contributed by atoms with van der Waals surface area (Å²) in [4.78, 5) is 11.6. The van der Waals surface area contributed by atoms with Gasteiger partial charge in [-0.15, -0.1) is 0 Å². The maximum atomic E-state index is 14.1. The van der Waals surface area contributed by atoms with Gasteiger partial charge in [-0.1, -0.05) is 11.6 Å². The average molecular weight is 588 g/mol. The van der Waals surface area contributed by atoms with Gasteiger partial charge in [-0.05, 0) is 31.2 Å². The summed E-state index contributed by atoms with van der Waals surface area (Å²) in [7, 11) is 5.71. The molecule has 6 nitrogen and oxygen atoms in total. The molecule has 3 aromatic rings. The molecule has 2 aromatic carbocycles. The lowest BCUT2D eigenvalue weighted by Crippen LogP contribution is -2.41. The van der Waals surface area contributed by atoms with Crippen LogP contribution in [0.2, 0.25) is 5.02 Å². The third kappa shape index (κ3) is 7.02. The molecular weight excluding hydrogens is 567 g/mol. The molecule has 0 aliphatic carbocycles. The normalized spacial score (nSPS) is 12.8. The molecule has 0 saturated carbocycles. The van der Waals surface area contributed by atoms with Crippen LogP contribution in [0.15, 0.2) is 36.5 Å². The van der Waals surface area contributed by atoms with Crippen LogP contribution in [-0.4, -0.2) is 39.3 Å². The minimum Gasteiger partial charge on any atom is -0.453 e. The number of carbonyl (C=O) groups is 1. The fourth-order valence-corrected chi connectivity index (χ4v) is 2.94. The predicted molar refractivity (Wildman–Crippen MR) is 122 cm³/mol. The van der Waals surface area contributed by atoms with Crippen molar-refractivity contribution in [1.82, 2.24) is 9.78 Å². The molecule has 0 spiro atoms. The van der Waals surface area contributed by atoms with Crippen LogP contribution in [-0.2, 0) is 11.0 Å². The van der Waals surface area contributed by atoms with Gasteiger partial charge in [-0.2, -0.15) is 24.1 Å². The Hall–Kier alpha value is -1.96. The summed E-state index contributed by atoms with van der Waals surface area (Å²) in [6.45, 7) is 1.67. The molecule has 0 bridgehead atoms. The molecular formula is C20H21ClF4IN4O2+. The average Bonchev–Trinajstić information content (AvgIpc) is 3.04. The summed E-state index contributed by atoms with van der Waals surface area (Å²) in [5.41, 5.74) is -0.659. The van der Waals surface area contributed by atoms with E-state index >= 15 is 0 Å². The summed E-state index contributed by atoms with van der Waals surface area (Å²) in [6.07, 6.45) is -3.17. The van der Waals surface area contributed by atoms with Gasteiger partial charge in [0.05, 0.1) is 43.4 Å². The van der Waals surface area contributed by atoms with Crippen molar-refractivity contribution in [2.75, 3.05) is 21.1 Å². The molecule has 1 atom stereocenters. The van der Waals surface area contributed by atoms with E-state index in [4.69, 9.17) is 22.2 Å². The number of aromatic nitrogens is 2.